The number of hydrogen-bond acceptors (Lipinski definition) is 4. The second-order valence-electron chi connectivity index (χ2n) is 6.71. The van der Waals surface area contributed by atoms with Gasteiger partial charge in [-0.1, -0.05) is 41.7 Å². The Labute approximate surface area is 167 Å². The van der Waals surface area contributed by atoms with Gasteiger partial charge in [-0.2, -0.15) is 0 Å². The summed E-state index contributed by atoms with van der Waals surface area (Å²) >= 11 is 1.28. The largest absolute Gasteiger partial charge is 0.316 e. The minimum absolute atomic E-state index is 0. The second-order valence-corrected chi connectivity index (χ2v) is 7.74. The van der Waals surface area contributed by atoms with Crippen molar-refractivity contribution < 1.29 is 9.18 Å². The number of nitrogens with one attached hydrogen (secondary N) is 2. The average molecular weight is 406 g/mol. The van der Waals surface area contributed by atoms with Crippen molar-refractivity contribution in [2.24, 2.45) is 5.92 Å². The zero-order valence-corrected chi connectivity index (χ0v) is 16.3. The van der Waals surface area contributed by atoms with Crippen LogP contribution in [-0.2, 0) is 17.6 Å². The molecule has 1 aliphatic rings. The standard InChI is InChI=1S/C20H20FN3OS.ClH/c21-16-2-1-3-17-19(16)24-20(26-17)23-18(25)11-14-6-4-13(5-7-14)10-15-8-9-22-12-15;/h1-7,15,22H,8-12H2,(H,23,24,25);1H. The van der Waals surface area contributed by atoms with Gasteiger partial charge in [0.15, 0.2) is 5.13 Å². The molecule has 1 saturated heterocycles. The van der Waals surface area contributed by atoms with Crippen LogP contribution in [0.3, 0.4) is 0 Å². The molecule has 0 saturated carbocycles. The zero-order valence-electron chi connectivity index (χ0n) is 14.7. The topological polar surface area (TPSA) is 54.0 Å². The predicted molar refractivity (Wildman–Crippen MR) is 110 cm³/mol. The molecule has 0 radical (unpaired) electrons. The Kier molecular flexibility index (Phi) is 6.42. The van der Waals surface area contributed by atoms with E-state index in [1.807, 2.05) is 12.1 Å². The summed E-state index contributed by atoms with van der Waals surface area (Å²) in [7, 11) is 0. The van der Waals surface area contributed by atoms with Crippen molar-refractivity contribution in [2.45, 2.75) is 19.3 Å². The van der Waals surface area contributed by atoms with Crippen molar-refractivity contribution in [1.29, 1.82) is 0 Å². The number of rotatable bonds is 5. The van der Waals surface area contributed by atoms with Gasteiger partial charge >= 0.3 is 0 Å². The molecule has 1 aliphatic heterocycles. The first-order chi connectivity index (χ1) is 12.7. The number of fused-ring (bicyclic) bond motifs is 1. The Morgan fingerprint density at radius 1 is 1.22 bits per heavy atom. The molecule has 1 aromatic heterocycles. The summed E-state index contributed by atoms with van der Waals surface area (Å²) in [5, 5.41) is 6.59. The van der Waals surface area contributed by atoms with E-state index in [0.29, 0.717) is 16.6 Å². The van der Waals surface area contributed by atoms with Gasteiger partial charge in [-0.25, -0.2) is 9.37 Å². The molecule has 1 amide bonds. The van der Waals surface area contributed by atoms with E-state index in [9.17, 15) is 9.18 Å². The van der Waals surface area contributed by atoms with E-state index in [1.54, 1.807) is 12.1 Å². The number of carbonyl (C=O) groups excluding carboxylic acids is 1. The van der Waals surface area contributed by atoms with Gasteiger partial charge in [-0.3, -0.25) is 4.79 Å². The van der Waals surface area contributed by atoms with E-state index < -0.39 is 0 Å². The van der Waals surface area contributed by atoms with Crippen LogP contribution in [0.5, 0.6) is 0 Å². The van der Waals surface area contributed by atoms with E-state index in [4.69, 9.17) is 0 Å². The first kappa shape index (κ1) is 19.7. The number of halogens is 2. The summed E-state index contributed by atoms with van der Waals surface area (Å²) in [5.74, 6) is 0.202. The van der Waals surface area contributed by atoms with Crippen molar-refractivity contribution >= 4 is 45.0 Å². The summed E-state index contributed by atoms with van der Waals surface area (Å²) < 4.78 is 14.4. The number of carbonyl (C=O) groups is 1. The molecule has 27 heavy (non-hydrogen) atoms. The molecule has 2 heterocycles. The van der Waals surface area contributed by atoms with Gasteiger partial charge in [-0.05, 0) is 55.1 Å². The van der Waals surface area contributed by atoms with Gasteiger partial charge in [0.2, 0.25) is 5.91 Å². The number of aromatic nitrogens is 1. The number of nitrogens with zero attached hydrogens (tertiary/aromatic N) is 1. The number of amides is 1. The van der Waals surface area contributed by atoms with Crippen LogP contribution in [-0.4, -0.2) is 24.0 Å². The summed E-state index contributed by atoms with van der Waals surface area (Å²) in [4.78, 5) is 16.4. The van der Waals surface area contributed by atoms with Crippen LogP contribution in [0.2, 0.25) is 0 Å². The average Bonchev–Trinajstić information content (AvgIpc) is 3.26. The quantitative estimate of drug-likeness (QED) is 0.669. The molecule has 0 aliphatic carbocycles. The molecule has 1 unspecified atom stereocenters. The predicted octanol–water partition coefficient (Wildman–Crippen LogP) is 4.19. The highest BCUT2D eigenvalue weighted by atomic mass is 35.5. The molecule has 7 heteroatoms. The second kappa shape index (κ2) is 8.78. The highest BCUT2D eigenvalue weighted by molar-refractivity contribution is 7.22. The maximum absolute atomic E-state index is 13.7. The fourth-order valence-corrected chi connectivity index (χ4v) is 4.23. The Morgan fingerprint density at radius 3 is 2.70 bits per heavy atom. The summed E-state index contributed by atoms with van der Waals surface area (Å²) in [6.45, 7) is 2.20. The third kappa shape index (κ3) is 4.83. The molecule has 142 valence electrons. The molecule has 2 N–H and O–H groups in total. The molecule has 0 spiro atoms. The van der Waals surface area contributed by atoms with Gasteiger partial charge in [0.1, 0.15) is 11.3 Å². The van der Waals surface area contributed by atoms with Gasteiger partial charge in [0.25, 0.3) is 0 Å². The molecular weight excluding hydrogens is 385 g/mol. The molecule has 0 bridgehead atoms. The van der Waals surface area contributed by atoms with Crippen LogP contribution in [0, 0.1) is 11.7 Å². The highest BCUT2D eigenvalue weighted by Gasteiger charge is 2.15. The SMILES string of the molecule is Cl.O=C(Cc1ccc(CC2CCNC2)cc1)Nc1nc2c(F)cccc2s1. The van der Waals surface area contributed by atoms with Crippen LogP contribution in [0.15, 0.2) is 42.5 Å². The number of anilines is 1. The van der Waals surface area contributed by atoms with Gasteiger partial charge in [0, 0.05) is 0 Å². The third-order valence-electron chi connectivity index (χ3n) is 4.69. The zero-order chi connectivity index (χ0) is 17.9. The van der Waals surface area contributed by atoms with Crippen LogP contribution < -0.4 is 10.6 Å². The fourth-order valence-electron chi connectivity index (χ4n) is 3.33. The number of para-hydroxylation sites is 1. The van der Waals surface area contributed by atoms with Crippen molar-refractivity contribution in [2.75, 3.05) is 18.4 Å². The number of hydrogen-bond donors (Lipinski definition) is 2. The summed E-state index contributed by atoms with van der Waals surface area (Å²) in [6.07, 6.45) is 2.59. The normalized spacial score (nSPS) is 16.3. The lowest BCUT2D eigenvalue weighted by atomic mass is 9.97. The Bertz CT molecular complexity index is 923. The lowest BCUT2D eigenvalue weighted by Crippen LogP contribution is -2.14. The van der Waals surface area contributed by atoms with Crippen LogP contribution in [0.1, 0.15) is 17.5 Å². The lowest BCUT2D eigenvalue weighted by Gasteiger charge is -2.09. The maximum atomic E-state index is 13.7. The monoisotopic (exact) mass is 405 g/mol. The lowest BCUT2D eigenvalue weighted by molar-refractivity contribution is -0.115. The van der Waals surface area contributed by atoms with E-state index in [-0.39, 0.29) is 30.6 Å². The number of benzene rings is 2. The first-order valence-electron chi connectivity index (χ1n) is 8.81. The summed E-state index contributed by atoms with van der Waals surface area (Å²) in [6, 6.07) is 13.0. The van der Waals surface area contributed by atoms with E-state index >= 15 is 0 Å². The molecule has 1 atom stereocenters. The van der Waals surface area contributed by atoms with E-state index in [2.05, 4.69) is 27.8 Å². The first-order valence-corrected chi connectivity index (χ1v) is 9.62. The van der Waals surface area contributed by atoms with Gasteiger partial charge in [0.05, 0.1) is 11.1 Å². The Hall–Kier alpha value is -2.02. The van der Waals surface area contributed by atoms with Gasteiger partial charge in [-0.15, -0.1) is 12.4 Å². The maximum Gasteiger partial charge on any atom is 0.230 e. The fraction of sp³-hybridized carbons (Fsp3) is 0.300. The third-order valence-corrected chi connectivity index (χ3v) is 5.63. The molecular formula is C20H21ClFN3OS. The Morgan fingerprint density at radius 2 is 2.00 bits per heavy atom. The van der Waals surface area contributed by atoms with Crippen molar-refractivity contribution in [3.63, 3.8) is 0 Å². The van der Waals surface area contributed by atoms with Crippen molar-refractivity contribution in [1.82, 2.24) is 10.3 Å². The highest BCUT2D eigenvalue weighted by Crippen LogP contribution is 2.27. The van der Waals surface area contributed by atoms with Crippen LogP contribution in [0.25, 0.3) is 10.2 Å². The minimum atomic E-state index is -0.368. The molecule has 4 nitrogen and oxygen atoms in total. The van der Waals surface area contributed by atoms with E-state index in [0.717, 1.165) is 29.8 Å². The van der Waals surface area contributed by atoms with Crippen molar-refractivity contribution in [3.05, 3.63) is 59.4 Å². The molecule has 4 rings (SSSR count). The Balaban J connectivity index is 0.00000210. The van der Waals surface area contributed by atoms with E-state index in [1.165, 1.54) is 29.4 Å². The van der Waals surface area contributed by atoms with Gasteiger partial charge < -0.3 is 10.6 Å². The van der Waals surface area contributed by atoms with Crippen LogP contribution in [0.4, 0.5) is 9.52 Å². The summed E-state index contributed by atoms with van der Waals surface area (Å²) in [5.41, 5.74) is 2.58. The van der Waals surface area contributed by atoms with Crippen molar-refractivity contribution in [3.8, 4) is 0 Å². The molecule has 2 aromatic carbocycles. The smallest absolute Gasteiger partial charge is 0.230 e. The number of thiazole rings is 1. The minimum Gasteiger partial charge on any atom is -0.316 e. The molecule has 1 fully saturated rings. The molecule has 3 aromatic rings. The van der Waals surface area contributed by atoms with Crippen LogP contribution >= 0.6 is 23.7 Å².